The topological polar surface area (TPSA) is 88.7 Å². The number of hydrogen-bond acceptors (Lipinski definition) is 4. The SMILES string of the molecule is CCc1cc(NC(=O)Oc2ccccc2)cc(C(=NC)NN)c1. The Labute approximate surface area is 135 Å². The van der Waals surface area contributed by atoms with E-state index in [1.807, 2.05) is 25.1 Å². The second-order valence-corrected chi connectivity index (χ2v) is 4.82. The zero-order valence-electron chi connectivity index (χ0n) is 13.2. The normalized spacial score (nSPS) is 11.0. The van der Waals surface area contributed by atoms with Crippen molar-refractivity contribution in [2.24, 2.45) is 10.8 Å². The lowest BCUT2D eigenvalue weighted by atomic mass is 10.1. The van der Waals surface area contributed by atoms with Crippen LogP contribution in [0.15, 0.2) is 53.5 Å². The third-order valence-corrected chi connectivity index (χ3v) is 3.23. The van der Waals surface area contributed by atoms with E-state index in [4.69, 9.17) is 10.6 Å². The lowest BCUT2D eigenvalue weighted by molar-refractivity contribution is 0.215. The molecule has 2 aromatic rings. The Bertz CT molecular complexity index is 699. The van der Waals surface area contributed by atoms with Crippen molar-refractivity contribution in [1.82, 2.24) is 5.43 Å². The summed E-state index contributed by atoms with van der Waals surface area (Å²) in [6.45, 7) is 2.03. The average molecular weight is 312 g/mol. The third-order valence-electron chi connectivity index (χ3n) is 3.23. The van der Waals surface area contributed by atoms with Gasteiger partial charge in [0.2, 0.25) is 0 Å². The lowest BCUT2D eigenvalue weighted by Crippen LogP contribution is -2.31. The van der Waals surface area contributed by atoms with Crippen LogP contribution in [0.25, 0.3) is 0 Å². The van der Waals surface area contributed by atoms with Crippen molar-refractivity contribution in [2.75, 3.05) is 12.4 Å². The minimum atomic E-state index is -0.550. The predicted molar refractivity (Wildman–Crippen MR) is 91.7 cm³/mol. The number of aryl methyl sites for hydroxylation is 1. The van der Waals surface area contributed by atoms with Gasteiger partial charge in [-0.05, 0) is 42.3 Å². The van der Waals surface area contributed by atoms with Crippen LogP contribution < -0.4 is 21.3 Å². The number of para-hydroxylation sites is 1. The minimum absolute atomic E-state index is 0.483. The highest BCUT2D eigenvalue weighted by Gasteiger charge is 2.09. The largest absolute Gasteiger partial charge is 0.417 e. The number of anilines is 1. The number of benzene rings is 2. The first kappa shape index (κ1) is 16.5. The molecule has 23 heavy (non-hydrogen) atoms. The van der Waals surface area contributed by atoms with Crippen LogP contribution in [0.5, 0.6) is 5.75 Å². The first-order chi connectivity index (χ1) is 11.2. The number of nitrogens with zero attached hydrogens (tertiary/aromatic N) is 1. The number of carbonyl (C=O) groups excluding carboxylic acids is 1. The van der Waals surface area contributed by atoms with Crippen LogP contribution in [0.1, 0.15) is 18.1 Å². The summed E-state index contributed by atoms with van der Waals surface area (Å²) in [7, 11) is 1.64. The van der Waals surface area contributed by atoms with Gasteiger partial charge in [-0.25, -0.2) is 10.6 Å². The molecule has 0 fully saturated rings. The lowest BCUT2D eigenvalue weighted by Gasteiger charge is -2.11. The molecule has 0 heterocycles. The van der Waals surface area contributed by atoms with Gasteiger partial charge in [0.1, 0.15) is 11.6 Å². The quantitative estimate of drug-likeness (QED) is 0.350. The zero-order chi connectivity index (χ0) is 16.7. The summed E-state index contributed by atoms with van der Waals surface area (Å²) in [5.41, 5.74) is 5.01. The first-order valence-electron chi connectivity index (χ1n) is 7.28. The zero-order valence-corrected chi connectivity index (χ0v) is 13.2. The van der Waals surface area contributed by atoms with Gasteiger partial charge < -0.3 is 10.2 Å². The molecule has 0 saturated heterocycles. The first-order valence-corrected chi connectivity index (χ1v) is 7.28. The summed E-state index contributed by atoms with van der Waals surface area (Å²) >= 11 is 0. The van der Waals surface area contributed by atoms with Gasteiger partial charge in [-0.3, -0.25) is 10.3 Å². The van der Waals surface area contributed by atoms with Crippen molar-refractivity contribution in [3.63, 3.8) is 0 Å². The number of amidine groups is 1. The standard InChI is InChI=1S/C17H20N4O2/c1-3-12-9-13(16(19-2)21-18)11-14(10-12)20-17(22)23-15-7-5-4-6-8-15/h4-11H,3,18H2,1-2H3,(H,19,21)(H,20,22). The van der Waals surface area contributed by atoms with Gasteiger partial charge in [0.05, 0.1) is 0 Å². The summed E-state index contributed by atoms with van der Waals surface area (Å²) in [5.74, 6) is 6.49. The smallest absolute Gasteiger partial charge is 0.410 e. The van der Waals surface area contributed by atoms with E-state index >= 15 is 0 Å². The fourth-order valence-corrected chi connectivity index (χ4v) is 2.12. The predicted octanol–water partition coefficient (Wildman–Crippen LogP) is 2.70. The molecule has 0 unspecified atom stereocenters. The molecule has 0 radical (unpaired) electrons. The second kappa shape index (κ2) is 7.95. The molecule has 6 nitrogen and oxygen atoms in total. The Morgan fingerprint density at radius 2 is 1.96 bits per heavy atom. The van der Waals surface area contributed by atoms with E-state index in [2.05, 4.69) is 15.7 Å². The summed E-state index contributed by atoms with van der Waals surface area (Å²) < 4.78 is 5.22. The van der Waals surface area contributed by atoms with E-state index in [-0.39, 0.29) is 0 Å². The van der Waals surface area contributed by atoms with Gasteiger partial charge in [0.25, 0.3) is 0 Å². The number of nitrogens with one attached hydrogen (secondary N) is 2. The van der Waals surface area contributed by atoms with E-state index in [0.29, 0.717) is 17.3 Å². The number of hydrazine groups is 1. The Balaban J connectivity index is 2.18. The van der Waals surface area contributed by atoms with Crippen LogP contribution in [-0.2, 0) is 6.42 Å². The highest BCUT2D eigenvalue weighted by atomic mass is 16.6. The van der Waals surface area contributed by atoms with Crippen LogP contribution in [0.2, 0.25) is 0 Å². The summed E-state index contributed by atoms with van der Waals surface area (Å²) in [4.78, 5) is 16.1. The Hall–Kier alpha value is -2.86. The number of amides is 1. The fourth-order valence-electron chi connectivity index (χ4n) is 2.12. The maximum absolute atomic E-state index is 12.0. The minimum Gasteiger partial charge on any atom is -0.410 e. The number of ether oxygens (including phenoxy) is 1. The molecule has 120 valence electrons. The van der Waals surface area contributed by atoms with Crippen molar-refractivity contribution in [2.45, 2.75) is 13.3 Å². The third kappa shape index (κ3) is 4.55. The van der Waals surface area contributed by atoms with Crippen LogP contribution in [-0.4, -0.2) is 19.0 Å². The monoisotopic (exact) mass is 312 g/mol. The molecule has 2 rings (SSSR count). The Morgan fingerprint density at radius 3 is 2.57 bits per heavy atom. The number of aliphatic imine (C=N–C) groups is 1. The number of carbonyl (C=O) groups is 1. The molecule has 0 aliphatic carbocycles. The van der Waals surface area contributed by atoms with Crippen LogP contribution in [0.4, 0.5) is 10.5 Å². The molecular formula is C17H20N4O2. The molecule has 0 saturated carbocycles. The highest BCUT2D eigenvalue weighted by molar-refractivity contribution is 6.00. The fraction of sp³-hybridized carbons (Fsp3) is 0.176. The number of hydrogen-bond donors (Lipinski definition) is 3. The van der Waals surface area contributed by atoms with Crippen molar-refractivity contribution < 1.29 is 9.53 Å². The number of rotatable bonds is 4. The Kier molecular flexibility index (Phi) is 5.71. The van der Waals surface area contributed by atoms with E-state index in [1.54, 1.807) is 37.4 Å². The molecule has 0 aromatic heterocycles. The van der Waals surface area contributed by atoms with Crippen molar-refractivity contribution >= 4 is 17.6 Å². The van der Waals surface area contributed by atoms with Crippen molar-refractivity contribution in [1.29, 1.82) is 0 Å². The van der Waals surface area contributed by atoms with Gasteiger partial charge in [-0.15, -0.1) is 0 Å². The molecular weight excluding hydrogens is 292 g/mol. The molecule has 0 atom stereocenters. The molecule has 6 heteroatoms. The van der Waals surface area contributed by atoms with Crippen molar-refractivity contribution in [3.05, 3.63) is 59.7 Å². The molecule has 0 bridgehead atoms. The maximum Gasteiger partial charge on any atom is 0.417 e. The highest BCUT2D eigenvalue weighted by Crippen LogP contribution is 2.17. The van der Waals surface area contributed by atoms with Gasteiger partial charge in [-0.1, -0.05) is 25.1 Å². The molecule has 4 N–H and O–H groups in total. The Morgan fingerprint density at radius 1 is 1.22 bits per heavy atom. The molecule has 0 spiro atoms. The summed E-state index contributed by atoms with van der Waals surface area (Å²) in [6, 6.07) is 14.5. The molecule has 2 aromatic carbocycles. The second-order valence-electron chi connectivity index (χ2n) is 4.82. The van der Waals surface area contributed by atoms with Crippen molar-refractivity contribution in [3.8, 4) is 5.75 Å². The van der Waals surface area contributed by atoms with Crippen LogP contribution >= 0.6 is 0 Å². The molecule has 0 aliphatic heterocycles. The van der Waals surface area contributed by atoms with E-state index in [1.165, 1.54) is 0 Å². The van der Waals surface area contributed by atoms with Gasteiger partial charge >= 0.3 is 6.09 Å². The average Bonchev–Trinajstić information content (AvgIpc) is 2.56. The summed E-state index contributed by atoms with van der Waals surface area (Å²) in [5, 5.41) is 2.72. The number of nitrogens with two attached hydrogens (primary N) is 1. The van der Waals surface area contributed by atoms with Crippen LogP contribution in [0.3, 0.4) is 0 Å². The summed E-state index contributed by atoms with van der Waals surface area (Å²) in [6.07, 6.45) is 0.267. The van der Waals surface area contributed by atoms with Gasteiger partial charge in [0, 0.05) is 18.3 Å². The maximum atomic E-state index is 12.0. The van der Waals surface area contributed by atoms with E-state index in [0.717, 1.165) is 17.5 Å². The van der Waals surface area contributed by atoms with Gasteiger partial charge in [-0.2, -0.15) is 0 Å². The van der Waals surface area contributed by atoms with Gasteiger partial charge in [0.15, 0.2) is 0 Å². The van der Waals surface area contributed by atoms with Crippen LogP contribution in [0, 0.1) is 0 Å². The molecule has 1 amide bonds. The molecule has 0 aliphatic rings. The van der Waals surface area contributed by atoms with E-state index in [9.17, 15) is 4.79 Å². The van der Waals surface area contributed by atoms with E-state index < -0.39 is 6.09 Å².